The Kier molecular flexibility index (Phi) is 3.81. The van der Waals surface area contributed by atoms with Gasteiger partial charge in [0.2, 0.25) is 0 Å². The molecule has 3 nitrogen and oxygen atoms in total. The van der Waals surface area contributed by atoms with Gasteiger partial charge in [-0.05, 0) is 40.6 Å². The van der Waals surface area contributed by atoms with Crippen LogP contribution in [0.15, 0.2) is 71.4 Å². The van der Waals surface area contributed by atoms with Gasteiger partial charge in [0.15, 0.2) is 5.78 Å². The van der Waals surface area contributed by atoms with Crippen molar-refractivity contribution in [3.63, 3.8) is 0 Å². The molecule has 2 heterocycles. The zero-order valence-electron chi connectivity index (χ0n) is 12.8. The maximum absolute atomic E-state index is 13.0. The number of para-hydroxylation sites is 2. The SMILES string of the molecule is O=C(C(=Cc1ccsc1)c1nc2ccccc2[nH]1)c1ccccc1. The van der Waals surface area contributed by atoms with Gasteiger partial charge in [0.1, 0.15) is 5.82 Å². The Morgan fingerprint density at radius 3 is 2.54 bits per heavy atom. The van der Waals surface area contributed by atoms with E-state index in [1.165, 1.54) is 0 Å². The van der Waals surface area contributed by atoms with E-state index < -0.39 is 0 Å². The van der Waals surface area contributed by atoms with Crippen molar-refractivity contribution in [2.75, 3.05) is 0 Å². The van der Waals surface area contributed by atoms with Crippen LogP contribution in [0, 0.1) is 0 Å². The topological polar surface area (TPSA) is 45.8 Å². The largest absolute Gasteiger partial charge is 0.338 e. The second-order valence-corrected chi connectivity index (χ2v) is 6.19. The van der Waals surface area contributed by atoms with E-state index >= 15 is 0 Å². The zero-order chi connectivity index (χ0) is 16.4. The highest BCUT2D eigenvalue weighted by atomic mass is 32.1. The lowest BCUT2D eigenvalue weighted by atomic mass is 10.0. The maximum atomic E-state index is 13.0. The summed E-state index contributed by atoms with van der Waals surface area (Å²) in [5.74, 6) is 0.553. The summed E-state index contributed by atoms with van der Waals surface area (Å²) in [6, 6.07) is 19.1. The first kappa shape index (κ1) is 14.6. The lowest BCUT2D eigenvalue weighted by molar-refractivity contribution is 0.105. The Hall–Kier alpha value is -2.98. The normalized spacial score (nSPS) is 11.8. The van der Waals surface area contributed by atoms with Gasteiger partial charge in [0.25, 0.3) is 0 Å². The summed E-state index contributed by atoms with van der Waals surface area (Å²) in [6.07, 6.45) is 1.89. The van der Waals surface area contributed by atoms with Crippen molar-refractivity contribution in [2.24, 2.45) is 0 Å². The monoisotopic (exact) mass is 330 g/mol. The van der Waals surface area contributed by atoms with Crippen LogP contribution >= 0.6 is 11.3 Å². The minimum absolute atomic E-state index is 0.0409. The molecule has 0 radical (unpaired) electrons. The molecule has 1 N–H and O–H groups in total. The number of ketones is 1. The van der Waals surface area contributed by atoms with E-state index in [1.54, 1.807) is 11.3 Å². The van der Waals surface area contributed by atoms with Crippen LogP contribution < -0.4 is 0 Å². The Bertz CT molecular complexity index is 981. The number of benzene rings is 2. The molecule has 24 heavy (non-hydrogen) atoms. The van der Waals surface area contributed by atoms with Crippen molar-refractivity contribution in [2.45, 2.75) is 0 Å². The van der Waals surface area contributed by atoms with Crippen LogP contribution in [0.4, 0.5) is 0 Å². The fraction of sp³-hybridized carbons (Fsp3) is 0. The number of fused-ring (bicyclic) bond motifs is 1. The number of rotatable bonds is 4. The third-order valence-electron chi connectivity index (χ3n) is 3.78. The minimum Gasteiger partial charge on any atom is -0.338 e. The molecule has 0 spiro atoms. The number of H-pyrrole nitrogens is 1. The van der Waals surface area contributed by atoms with Crippen molar-refractivity contribution in [1.82, 2.24) is 9.97 Å². The average Bonchev–Trinajstić information content (AvgIpc) is 3.29. The number of Topliss-reactive ketones (excluding diaryl/α,β-unsaturated/α-hetero) is 1. The van der Waals surface area contributed by atoms with Crippen LogP contribution in [0.3, 0.4) is 0 Å². The molecular weight excluding hydrogens is 316 g/mol. The molecule has 116 valence electrons. The third kappa shape index (κ3) is 2.79. The Balaban J connectivity index is 1.86. The second kappa shape index (κ2) is 6.26. The maximum Gasteiger partial charge on any atom is 0.196 e. The van der Waals surface area contributed by atoms with E-state index in [0.717, 1.165) is 16.6 Å². The quantitative estimate of drug-likeness (QED) is 0.420. The van der Waals surface area contributed by atoms with Crippen LogP contribution in [0.25, 0.3) is 22.7 Å². The summed E-state index contributed by atoms with van der Waals surface area (Å²) in [5, 5.41) is 4.01. The predicted molar refractivity (Wildman–Crippen MR) is 99.1 cm³/mol. The highest BCUT2D eigenvalue weighted by Crippen LogP contribution is 2.24. The molecule has 0 aliphatic rings. The van der Waals surface area contributed by atoms with Gasteiger partial charge in [-0.2, -0.15) is 11.3 Å². The van der Waals surface area contributed by atoms with Crippen LogP contribution in [0.2, 0.25) is 0 Å². The number of imidazole rings is 1. The Morgan fingerprint density at radius 2 is 1.79 bits per heavy atom. The van der Waals surface area contributed by atoms with Gasteiger partial charge in [-0.3, -0.25) is 4.79 Å². The van der Waals surface area contributed by atoms with Crippen LogP contribution in [0.5, 0.6) is 0 Å². The molecule has 2 aromatic carbocycles. The first-order valence-electron chi connectivity index (χ1n) is 7.60. The first-order valence-corrected chi connectivity index (χ1v) is 8.54. The molecule has 0 amide bonds. The van der Waals surface area contributed by atoms with Gasteiger partial charge in [0, 0.05) is 5.56 Å². The highest BCUT2D eigenvalue weighted by molar-refractivity contribution is 7.08. The Morgan fingerprint density at radius 1 is 1.00 bits per heavy atom. The Labute approximate surface area is 143 Å². The molecule has 2 aromatic heterocycles. The van der Waals surface area contributed by atoms with E-state index in [4.69, 9.17) is 0 Å². The summed E-state index contributed by atoms with van der Waals surface area (Å²) < 4.78 is 0. The molecule has 0 aliphatic carbocycles. The fourth-order valence-corrected chi connectivity index (χ4v) is 3.21. The smallest absolute Gasteiger partial charge is 0.196 e. The van der Waals surface area contributed by atoms with E-state index in [1.807, 2.05) is 77.5 Å². The van der Waals surface area contributed by atoms with Gasteiger partial charge in [0.05, 0.1) is 16.6 Å². The van der Waals surface area contributed by atoms with Gasteiger partial charge in [-0.1, -0.05) is 42.5 Å². The van der Waals surface area contributed by atoms with Gasteiger partial charge in [-0.15, -0.1) is 0 Å². The van der Waals surface area contributed by atoms with Crippen LogP contribution in [-0.4, -0.2) is 15.8 Å². The number of thiophene rings is 1. The molecule has 0 unspecified atom stereocenters. The number of carbonyl (C=O) groups excluding carboxylic acids is 1. The van der Waals surface area contributed by atoms with Crippen molar-refractivity contribution >= 4 is 39.8 Å². The lowest BCUT2D eigenvalue weighted by Crippen LogP contribution is -2.04. The number of nitrogens with zero attached hydrogens (tertiary/aromatic N) is 1. The van der Waals surface area contributed by atoms with Crippen molar-refractivity contribution in [3.05, 3.63) is 88.4 Å². The van der Waals surface area contributed by atoms with Crippen molar-refractivity contribution in [3.8, 4) is 0 Å². The zero-order valence-corrected chi connectivity index (χ0v) is 13.6. The number of hydrogen-bond donors (Lipinski definition) is 1. The van der Waals surface area contributed by atoms with Gasteiger partial charge in [-0.25, -0.2) is 4.98 Å². The summed E-state index contributed by atoms with van der Waals surface area (Å²) in [6.45, 7) is 0. The highest BCUT2D eigenvalue weighted by Gasteiger charge is 2.18. The minimum atomic E-state index is -0.0409. The molecule has 0 atom stereocenters. The van der Waals surface area contributed by atoms with E-state index in [9.17, 15) is 4.79 Å². The van der Waals surface area contributed by atoms with Crippen LogP contribution in [0.1, 0.15) is 21.7 Å². The molecule has 0 saturated heterocycles. The number of allylic oxidation sites excluding steroid dienone is 1. The summed E-state index contributed by atoms with van der Waals surface area (Å²) >= 11 is 1.60. The average molecular weight is 330 g/mol. The van der Waals surface area contributed by atoms with Crippen LogP contribution in [-0.2, 0) is 0 Å². The standard InChI is InChI=1S/C20H14N2OS/c23-19(15-6-2-1-3-7-15)16(12-14-10-11-24-13-14)20-21-17-8-4-5-9-18(17)22-20/h1-13H,(H,21,22). The number of nitrogens with one attached hydrogen (secondary N) is 1. The third-order valence-corrected chi connectivity index (χ3v) is 4.48. The number of hydrogen-bond acceptors (Lipinski definition) is 3. The predicted octanol–water partition coefficient (Wildman–Crippen LogP) is 5.05. The molecule has 0 bridgehead atoms. The second-order valence-electron chi connectivity index (χ2n) is 5.41. The first-order chi connectivity index (χ1) is 11.8. The lowest BCUT2D eigenvalue weighted by Gasteiger charge is -2.04. The van der Waals surface area contributed by atoms with Gasteiger partial charge < -0.3 is 4.98 Å². The summed E-state index contributed by atoms with van der Waals surface area (Å²) in [7, 11) is 0. The molecular formula is C20H14N2OS. The molecule has 0 aliphatic heterocycles. The molecule has 0 fully saturated rings. The molecule has 4 heteroatoms. The summed E-state index contributed by atoms with van der Waals surface area (Å²) in [4.78, 5) is 20.9. The molecule has 4 aromatic rings. The van der Waals surface area contributed by atoms with Gasteiger partial charge >= 0.3 is 0 Å². The molecule has 0 saturated carbocycles. The fourth-order valence-electron chi connectivity index (χ4n) is 2.59. The number of aromatic nitrogens is 2. The summed E-state index contributed by atoms with van der Waals surface area (Å²) in [5.41, 5.74) is 3.99. The molecule has 4 rings (SSSR count). The van der Waals surface area contributed by atoms with E-state index in [2.05, 4.69) is 9.97 Å². The van der Waals surface area contributed by atoms with E-state index in [-0.39, 0.29) is 5.78 Å². The number of aromatic amines is 1. The van der Waals surface area contributed by atoms with Crippen molar-refractivity contribution in [1.29, 1.82) is 0 Å². The van der Waals surface area contributed by atoms with Crippen molar-refractivity contribution < 1.29 is 4.79 Å². The van der Waals surface area contributed by atoms with E-state index in [0.29, 0.717) is 17.0 Å². The number of carbonyl (C=O) groups is 1.